The van der Waals surface area contributed by atoms with Crippen LogP contribution < -0.4 is 10.6 Å². The fraction of sp³-hybridized carbons (Fsp3) is 0.500. The molecular weight excluding hydrogens is 226 g/mol. The van der Waals surface area contributed by atoms with Gasteiger partial charge >= 0.3 is 12.0 Å². The number of aryl methyl sites for hydroxylation is 1. The van der Waals surface area contributed by atoms with E-state index < -0.39 is 18.0 Å². The molecule has 0 radical (unpaired) electrons. The molecule has 7 heteroatoms. The number of amides is 2. The van der Waals surface area contributed by atoms with Gasteiger partial charge < -0.3 is 20.3 Å². The predicted molar refractivity (Wildman–Crippen MR) is 58.3 cm³/mol. The zero-order chi connectivity index (χ0) is 12.8. The van der Waals surface area contributed by atoms with Crippen molar-refractivity contribution in [2.24, 2.45) is 0 Å². The van der Waals surface area contributed by atoms with Crippen molar-refractivity contribution in [2.45, 2.75) is 32.9 Å². The smallest absolute Gasteiger partial charge is 0.326 e. The van der Waals surface area contributed by atoms with Crippen molar-refractivity contribution in [3.05, 3.63) is 17.5 Å². The molecule has 0 spiro atoms. The van der Waals surface area contributed by atoms with Gasteiger partial charge in [0, 0.05) is 6.07 Å². The second-order valence-electron chi connectivity index (χ2n) is 3.56. The Morgan fingerprint density at radius 2 is 2.29 bits per heavy atom. The van der Waals surface area contributed by atoms with Crippen LogP contribution in [0.3, 0.4) is 0 Å². The third-order valence-corrected chi connectivity index (χ3v) is 2.11. The first-order valence-electron chi connectivity index (χ1n) is 5.22. The topological polar surface area (TPSA) is 104 Å². The van der Waals surface area contributed by atoms with Crippen molar-refractivity contribution in [3.8, 4) is 0 Å². The van der Waals surface area contributed by atoms with Gasteiger partial charge in [0.25, 0.3) is 0 Å². The number of carboxylic acids is 1. The minimum Gasteiger partial charge on any atom is -0.480 e. The third kappa shape index (κ3) is 4.13. The van der Waals surface area contributed by atoms with E-state index in [-0.39, 0.29) is 6.54 Å². The summed E-state index contributed by atoms with van der Waals surface area (Å²) in [5.74, 6) is -0.542. The average molecular weight is 241 g/mol. The van der Waals surface area contributed by atoms with Crippen LogP contribution in [0.5, 0.6) is 0 Å². The highest BCUT2D eigenvalue weighted by Crippen LogP contribution is 2.00. The molecule has 0 fully saturated rings. The summed E-state index contributed by atoms with van der Waals surface area (Å²) in [6.07, 6.45) is 0.324. The summed E-state index contributed by atoms with van der Waals surface area (Å²) in [5.41, 5.74) is 0.721. The Morgan fingerprint density at radius 1 is 1.59 bits per heavy atom. The molecule has 0 bridgehead atoms. The van der Waals surface area contributed by atoms with Crippen LogP contribution in [0.4, 0.5) is 4.79 Å². The van der Waals surface area contributed by atoms with Gasteiger partial charge in [-0.05, 0) is 13.3 Å². The summed E-state index contributed by atoms with van der Waals surface area (Å²) in [6, 6.07) is 0.258. The molecule has 0 aromatic carbocycles. The molecule has 0 unspecified atom stereocenters. The SMILES string of the molecule is CC[C@H](NC(=O)NCc1cc(C)no1)C(=O)O. The molecule has 0 aliphatic rings. The minimum absolute atomic E-state index is 0.169. The number of carbonyl (C=O) groups excluding carboxylic acids is 1. The quantitative estimate of drug-likeness (QED) is 0.701. The molecule has 2 amide bonds. The van der Waals surface area contributed by atoms with Crippen molar-refractivity contribution >= 4 is 12.0 Å². The van der Waals surface area contributed by atoms with E-state index in [2.05, 4.69) is 15.8 Å². The lowest BCUT2D eigenvalue weighted by atomic mass is 10.2. The first-order chi connectivity index (χ1) is 8.02. The summed E-state index contributed by atoms with van der Waals surface area (Å²) >= 11 is 0. The lowest BCUT2D eigenvalue weighted by Crippen LogP contribution is -2.45. The number of aromatic nitrogens is 1. The van der Waals surface area contributed by atoms with Crippen LogP contribution in [0.15, 0.2) is 10.6 Å². The molecule has 0 aliphatic carbocycles. The molecule has 0 aliphatic heterocycles. The molecule has 7 nitrogen and oxygen atoms in total. The zero-order valence-corrected chi connectivity index (χ0v) is 9.69. The van der Waals surface area contributed by atoms with E-state index in [1.165, 1.54) is 0 Å². The van der Waals surface area contributed by atoms with Crippen LogP contribution in [-0.4, -0.2) is 28.3 Å². The number of aliphatic carboxylic acids is 1. The number of carboxylic acid groups (broad SMARTS) is 1. The third-order valence-electron chi connectivity index (χ3n) is 2.11. The van der Waals surface area contributed by atoms with Crippen LogP contribution in [0.2, 0.25) is 0 Å². The molecule has 94 valence electrons. The highest BCUT2D eigenvalue weighted by atomic mass is 16.5. The van der Waals surface area contributed by atoms with E-state index in [4.69, 9.17) is 9.63 Å². The Balaban J connectivity index is 2.37. The van der Waals surface area contributed by atoms with Crippen LogP contribution in [0, 0.1) is 6.92 Å². The van der Waals surface area contributed by atoms with Gasteiger partial charge in [0.1, 0.15) is 6.04 Å². The maximum Gasteiger partial charge on any atom is 0.326 e. The highest BCUT2D eigenvalue weighted by Gasteiger charge is 2.17. The minimum atomic E-state index is -1.06. The number of nitrogens with zero attached hydrogens (tertiary/aromatic N) is 1. The van der Waals surface area contributed by atoms with E-state index >= 15 is 0 Å². The van der Waals surface area contributed by atoms with Crippen molar-refractivity contribution < 1.29 is 19.2 Å². The van der Waals surface area contributed by atoms with E-state index in [9.17, 15) is 9.59 Å². The Kier molecular flexibility index (Phi) is 4.50. The molecule has 3 N–H and O–H groups in total. The lowest BCUT2D eigenvalue weighted by molar-refractivity contribution is -0.139. The summed E-state index contributed by atoms with van der Waals surface area (Å²) in [5, 5.41) is 17.2. The Hall–Kier alpha value is -2.05. The zero-order valence-electron chi connectivity index (χ0n) is 9.69. The van der Waals surface area contributed by atoms with Crippen LogP contribution in [0.1, 0.15) is 24.8 Å². The molecule has 0 saturated carbocycles. The number of hydrogen-bond acceptors (Lipinski definition) is 4. The van der Waals surface area contributed by atoms with E-state index in [0.717, 1.165) is 5.69 Å². The van der Waals surface area contributed by atoms with Gasteiger partial charge in [-0.15, -0.1) is 0 Å². The Bertz CT molecular complexity index is 402. The molecule has 1 heterocycles. The number of rotatable bonds is 5. The molecular formula is C10H15N3O4. The van der Waals surface area contributed by atoms with Gasteiger partial charge in [0.15, 0.2) is 5.76 Å². The number of nitrogens with one attached hydrogen (secondary N) is 2. The van der Waals surface area contributed by atoms with Crippen LogP contribution in [-0.2, 0) is 11.3 Å². The van der Waals surface area contributed by atoms with Gasteiger partial charge in [0.05, 0.1) is 12.2 Å². The molecule has 1 aromatic heterocycles. The first kappa shape index (κ1) is 13.0. The van der Waals surface area contributed by atoms with Gasteiger partial charge in [-0.25, -0.2) is 9.59 Å². The second-order valence-corrected chi connectivity index (χ2v) is 3.56. The molecule has 1 aromatic rings. The lowest BCUT2D eigenvalue weighted by Gasteiger charge is -2.12. The van der Waals surface area contributed by atoms with Gasteiger partial charge in [-0.2, -0.15) is 0 Å². The van der Waals surface area contributed by atoms with E-state index in [1.807, 2.05) is 0 Å². The van der Waals surface area contributed by atoms with Crippen molar-refractivity contribution in [1.29, 1.82) is 0 Å². The monoisotopic (exact) mass is 241 g/mol. The fourth-order valence-corrected chi connectivity index (χ4v) is 1.21. The van der Waals surface area contributed by atoms with Crippen molar-refractivity contribution in [2.75, 3.05) is 0 Å². The van der Waals surface area contributed by atoms with Crippen molar-refractivity contribution in [3.63, 3.8) is 0 Å². The van der Waals surface area contributed by atoms with E-state index in [0.29, 0.717) is 12.2 Å². The predicted octanol–water partition coefficient (Wildman–Crippen LogP) is 0.645. The molecule has 0 saturated heterocycles. The maximum absolute atomic E-state index is 11.3. The second kappa shape index (κ2) is 5.88. The summed E-state index contributed by atoms with van der Waals surface area (Å²) in [7, 11) is 0. The van der Waals surface area contributed by atoms with Crippen LogP contribution >= 0.6 is 0 Å². The molecule has 1 atom stereocenters. The summed E-state index contributed by atoms with van der Waals surface area (Å²) in [4.78, 5) is 22.0. The highest BCUT2D eigenvalue weighted by molar-refractivity contribution is 5.82. The number of urea groups is 1. The average Bonchev–Trinajstić information content (AvgIpc) is 2.68. The molecule has 1 rings (SSSR count). The van der Waals surface area contributed by atoms with Gasteiger partial charge in [0.2, 0.25) is 0 Å². The first-order valence-corrected chi connectivity index (χ1v) is 5.22. The normalized spacial score (nSPS) is 11.9. The Labute approximate surface area is 98.2 Å². The Morgan fingerprint density at radius 3 is 2.76 bits per heavy atom. The summed E-state index contributed by atoms with van der Waals surface area (Å²) < 4.78 is 4.88. The van der Waals surface area contributed by atoms with Crippen LogP contribution in [0.25, 0.3) is 0 Å². The standard InChI is InChI=1S/C10H15N3O4/c1-3-8(9(14)15)12-10(16)11-5-7-4-6(2)13-17-7/h4,8H,3,5H2,1-2H3,(H,14,15)(H2,11,12,16)/t8-/m0/s1. The fourth-order valence-electron chi connectivity index (χ4n) is 1.21. The maximum atomic E-state index is 11.3. The van der Waals surface area contributed by atoms with Crippen molar-refractivity contribution in [1.82, 2.24) is 15.8 Å². The van der Waals surface area contributed by atoms with Gasteiger partial charge in [-0.1, -0.05) is 12.1 Å². The largest absolute Gasteiger partial charge is 0.480 e. The molecule has 17 heavy (non-hydrogen) atoms. The number of hydrogen-bond donors (Lipinski definition) is 3. The van der Waals surface area contributed by atoms with E-state index in [1.54, 1.807) is 19.9 Å². The van der Waals surface area contributed by atoms with Gasteiger partial charge in [-0.3, -0.25) is 0 Å². The summed E-state index contributed by atoms with van der Waals surface area (Å²) in [6.45, 7) is 3.62. The number of carbonyl (C=O) groups is 2.